The van der Waals surface area contributed by atoms with Gasteiger partial charge in [0.1, 0.15) is 37.6 Å². The van der Waals surface area contributed by atoms with Gasteiger partial charge in [-0.2, -0.15) is 0 Å². The highest BCUT2D eigenvalue weighted by Gasteiger charge is 2.24. The van der Waals surface area contributed by atoms with E-state index in [4.69, 9.17) is 28.4 Å². The summed E-state index contributed by atoms with van der Waals surface area (Å²) in [5.74, 6) is 1.67. The molecular formula is C27H38O6. The molecule has 33 heavy (non-hydrogen) atoms. The first-order valence-electron chi connectivity index (χ1n) is 11.8. The summed E-state index contributed by atoms with van der Waals surface area (Å²) in [7, 11) is 0. The molecule has 1 heterocycles. The summed E-state index contributed by atoms with van der Waals surface area (Å²) in [5.41, 5.74) is 2.29. The molecule has 1 saturated heterocycles. The lowest BCUT2D eigenvalue weighted by Gasteiger charge is -2.26. The van der Waals surface area contributed by atoms with E-state index in [2.05, 4.69) is 38.1 Å². The summed E-state index contributed by atoms with van der Waals surface area (Å²) in [6, 6.07) is 16.6. The molecule has 182 valence electrons. The summed E-state index contributed by atoms with van der Waals surface area (Å²) in [4.78, 5) is 0. The number of epoxide rings is 1. The molecule has 6 nitrogen and oxygen atoms in total. The lowest BCUT2D eigenvalue weighted by Crippen LogP contribution is -2.21. The van der Waals surface area contributed by atoms with Crippen molar-refractivity contribution in [1.29, 1.82) is 0 Å². The van der Waals surface area contributed by atoms with Gasteiger partial charge < -0.3 is 28.4 Å². The van der Waals surface area contributed by atoms with Crippen molar-refractivity contribution in [3.63, 3.8) is 0 Å². The van der Waals surface area contributed by atoms with Crippen molar-refractivity contribution in [3.05, 3.63) is 59.7 Å². The van der Waals surface area contributed by atoms with Crippen LogP contribution in [-0.4, -0.2) is 58.1 Å². The predicted octanol–water partition coefficient (Wildman–Crippen LogP) is 4.97. The fourth-order valence-corrected chi connectivity index (χ4v) is 3.31. The summed E-state index contributed by atoms with van der Waals surface area (Å²) in [6.45, 7) is 13.8. The molecule has 3 unspecified atom stereocenters. The van der Waals surface area contributed by atoms with Crippen LogP contribution in [0.2, 0.25) is 0 Å². The maximum Gasteiger partial charge on any atom is 0.147 e. The van der Waals surface area contributed by atoms with E-state index in [9.17, 15) is 0 Å². The molecule has 0 aromatic heterocycles. The quantitative estimate of drug-likeness (QED) is 0.213. The number of benzene rings is 2. The van der Waals surface area contributed by atoms with E-state index in [0.717, 1.165) is 18.1 Å². The number of hydrogen-bond donors (Lipinski definition) is 0. The molecule has 6 heteroatoms. The summed E-state index contributed by atoms with van der Waals surface area (Å²) < 4.78 is 33.4. The van der Waals surface area contributed by atoms with Crippen molar-refractivity contribution in [1.82, 2.24) is 0 Å². The molecule has 0 N–H and O–H groups in total. The SMILES string of the molecule is CCOCOC(C)COc1ccc(C(C)(C)c2ccc(OCC(C)OCC3CO3)cc2)cc1. The van der Waals surface area contributed by atoms with E-state index >= 15 is 0 Å². The van der Waals surface area contributed by atoms with Gasteiger partial charge in [-0.05, 0) is 56.2 Å². The molecule has 0 aliphatic carbocycles. The second-order valence-corrected chi connectivity index (χ2v) is 8.98. The third-order valence-corrected chi connectivity index (χ3v) is 5.73. The van der Waals surface area contributed by atoms with Gasteiger partial charge in [0.05, 0.1) is 25.4 Å². The molecule has 0 bridgehead atoms. The van der Waals surface area contributed by atoms with Crippen molar-refractivity contribution in [2.75, 3.05) is 39.8 Å². The Kier molecular flexibility index (Phi) is 9.56. The van der Waals surface area contributed by atoms with Crippen molar-refractivity contribution in [2.24, 2.45) is 0 Å². The topological polar surface area (TPSA) is 58.7 Å². The first-order valence-corrected chi connectivity index (χ1v) is 11.8. The third kappa shape index (κ3) is 8.31. The molecule has 0 saturated carbocycles. The van der Waals surface area contributed by atoms with Gasteiger partial charge in [0.25, 0.3) is 0 Å². The van der Waals surface area contributed by atoms with E-state index in [1.54, 1.807) is 0 Å². The van der Waals surface area contributed by atoms with Gasteiger partial charge >= 0.3 is 0 Å². The molecular weight excluding hydrogens is 420 g/mol. The zero-order valence-electron chi connectivity index (χ0n) is 20.5. The number of ether oxygens (including phenoxy) is 6. The van der Waals surface area contributed by atoms with Gasteiger partial charge in [0.15, 0.2) is 0 Å². The average molecular weight is 459 g/mol. The van der Waals surface area contributed by atoms with Gasteiger partial charge in [-0.25, -0.2) is 0 Å². The zero-order valence-corrected chi connectivity index (χ0v) is 20.5. The first kappa shape index (κ1) is 25.5. The third-order valence-electron chi connectivity index (χ3n) is 5.73. The second-order valence-electron chi connectivity index (χ2n) is 8.98. The Bertz CT molecular complexity index is 814. The highest BCUT2D eigenvalue weighted by Crippen LogP contribution is 2.33. The summed E-state index contributed by atoms with van der Waals surface area (Å²) in [5, 5.41) is 0. The number of rotatable bonds is 15. The lowest BCUT2D eigenvalue weighted by molar-refractivity contribution is -0.0902. The molecule has 1 aliphatic heterocycles. The van der Waals surface area contributed by atoms with Crippen LogP contribution in [0.1, 0.15) is 45.7 Å². The van der Waals surface area contributed by atoms with Crippen molar-refractivity contribution in [2.45, 2.75) is 58.3 Å². The Morgan fingerprint density at radius 3 is 1.79 bits per heavy atom. The van der Waals surface area contributed by atoms with E-state index in [0.29, 0.717) is 33.2 Å². The van der Waals surface area contributed by atoms with Gasteiger partial charge in [0, 0.05) is 12.0 Å². The smallest absolute Gasteiger partial charge is 0.147 e. The maximum absolute atomic E-state index is 5.89. The Hall–Kier alpha value is -2.12. The highest BCUT2D eigenvalue weighted by molar-refractivity contribution is 5.41. The molecule has 3 rings (SSSR count). The largest absolute Gasteiger partial charge is 0.491 e. The van der Waals surface area contributed by atoms with Crippen molar-refractivity contribution < 1.29 is 28.4 Å². The van der Waals surface area contributed by atoms with Crippen LogP contribution in [0.4, 0.5) is 0 Å². The van der Waals surface area contributed by atoms with Crippen LogP contribution < -0.4 is 9.47 Å². The molecule has 2 aromatic carbocycles. The van der Waals surface area contributed by atoms with Gasteiger partial charge in [-0.1, -0.05) is 38.1 Å². The van der Waals surface area contributed by atoms with E-state index < -0.39 is 0 Å². The number of hydrogen-bond acceptors (Lipinski definition) is 6. The van der Waals surface area contributed by atoms with E-state index in [1.165, 1.54) is 11.1 Å². The van der Waals surface area contributed by atoms with E-state index in [-0.39, 0.29) is 23.7 Å². The fourth-order valence-electron chi connectivity index (χ4n) is 3.31. The van der Waals surface area contributed by atoms with Crippen LogP contribution in [-0.2, 0) is 24.4 Å². The fraction of sp³-hybridized carbons (Fsp3) is 0.556. The first-order chi connectivity index (χ1) is 15.9. The minimum absolute atomic E-state index is 0.0323. The Balaban J connectivity index is 1.48. The van der Waals surface area contributed by atoms with Crippen molar-refractivity contribution in [3.8, 4) is 11.5 Å². The van der Waals surface area contributed by atoms with Gasteiger partial charge in [-0.3, -0.25) is 0 Å². The van der Waals surface area contributed by atoms with Crippen LogP contribution in [0.3, 0.4) is 0 Å². The lowest BCUT2D eigenvalue weighted by atomic mass is 9.78. The highest BCUT2D eigenvalue weighted by atomic mass is 16.7. The molecule has 1 aliphatic rings. The molecule has 1 fully saturated rings. The maximum atomic E-state index is 5.89. The van der Waals surface area contributed by atoms with Crippen LogP contribution in [0, 0.1) is 0 Å². The minimum Gasteiger partial charge on any atom is -0.491 e. The molecule has 3 atom stereocenters. The predicted molar refractivity (Wildman–Crippen MR) is 128 cm³/mol. The Morgan fingerprint density at radius 1 is 0.848 bits per heavy atom. The normalized spacial score (nSPS) is 17.4. The zero-order chi connectivity index (χ0) is 23.7. The van der Waals surface area contributed by atoms with Gasteiger partial charge in [-0.15, -0.1) is 0 Å². The molecule has 0 spiro atoms. The van der Waals surface area contributed by atoms with Crippen LogP contribution >= 0.6 is 0 Å². The second kappa shape index (κ2) is 12.4. The molecule has 0 radical (unpaired) electrons. The van der Waals surface area contributed by atoms with Crippen LogP contribution in [0.25, 0.3) is 0 Å². The minimum atomic E-state index is -0.147. The van der Waals surface area contributed by atoms with Crippen LogP contribution in [0.15, 0.2) is 48.5 Å². The summed E-state index contributed by atoms with van der Waals surface area (Å²) in [6.07, 6.45) is 0.276. The Morgan fingerprint density at radius 2 is 1.33 bits per heavy atom. The monoisotopic (exact) mass is 458 g/mol. The average Bonchev–Trinajstić information content (AvgIpc) is 3.65. The van der Waals surface area contributed by atoms with Crippen molar-refractivity contribution >= 4 is 0 Å². The molecule has 2 aromatic rings. The standard InChI is InChI=1S/C27H38O6/c1-6-28-19-33-21(3)16-31-25-13-9-23(10-14-25)27(4,5)22-7-11-24(12-8-22)30-15-20(2)29-17-26-18-32-26/h7-14,20-21,26H,6,15-19H2,1-5H3. The Labute approximate surface area is 198 Å². The van der Waals surface area contributed by atoms with Crippen LogP contribution in [0.5, 0.6) is 11.5 Å². The molecule has 0 amide bonds. The van der Waals surface area contributed by atoms with E-state index in [1.807, 2.05) is 45.0 Å². The van der Waals surface area contributed by atoms with Gasteiger partial charge in [0.2, 0.25) is 0 Å². The summed E-state index contributed by atoms with van der Waals surface area (Å²) >= 11 is 0.